The minimum Gasteiger partial charge on any atom is -0.324 e. The molecular weight excluding hydrogens is 210 g/mol. The number of anilines is 1. The fourth-order valence-electron chi connectivity index (χ4n) is 1.60. The number of alkyl halides is 1. The molecule has 0 saturated heterocycles. The monoisotopic (exact) mass is 225 g/mol. The zero-order chi connectivity index (χ0) is 11.6. The minimum absolute atomic E-state index is 0.160. The molecule has 1 N–H and O–H groups in total. The molecule has 1 amide bonds. The lowest BCUT2D eigenvalue weighted by molar-refractivity contribution is -0.115. The second kappa shape index (κ2) is 4.67. The van der Waals surface area contributed by atoms with E-state index in [9.17, 15) is 4.79 Å². The van der Waals surface area contributed by atoms with Crippen molar-refractivity contribution in [3.05, 3.63) is 28.8 Å². The van der Waals surface area contributed by atoms with Crippen molar-refractivity contribution in [3.8, 4) is 0 Å². The van der Waals surface area contributed by atoms with Gasteiger partial charge in [-0.3, -0.25) is 4.79 Å². The van der Waals surface area contributed by atoms with E-state index in [0.717, 1.165) is 16.8 Å². The third-order valence-electron chi connectivity index (χ3n) is 2.29. The predicted molar refractivity (Wildman–Crippen MR) is 64.6 cm³/mol. The smallest absolute Gasteiger partial charge is 0.242 e. The van der Waals surface area contributed by atoms with Crippen LogP contribution in [-0.2, 0) is 4.79 Å². The van der Waals surface area contributed by atoms with E-state index in [4.69, 9.17) is 11.6 Å². The number of benzene rings is 1. The van der Waals surface area contributed by atoms with Crippen molar-refractivity contribution in [2.45, 2.75) is 33.1 Å². The maximum Gasteiger partial charge on any atom is 0.242 e. The fourth-order valence-corrected chi connectivity index (χ4v) is 1.65. The lowest BCUT2D eigenvalue weighted by Crippen LogP contribution is -2.21. The molecule has 1 atom stereocenters. The lowest BCUT2D eigenvalue weighted by Gasteiger charge is -2.13. The molecule has 0 saturated carbocycles. The normalized spacial score (nSPS) is 12.3. The highest BCUT2D eigenvalue weighted by Crippen LogP contribution is 2.22. The number of hydrogen-bond acceptors (Lipinski definition) is 1. The topological polar surface area (TPSA) is 29.1 Å². The van der Waals surface area contributed by atoms with E-state index in [-0.39, 0.29) is 5.91 Å². The summed E-state index contributed by atoms with van der Waals surface area (Å²) >= 11 is 5.70. The molecular formula is C12H16ClNO. The van der Waals surface area contributed by atoms with Gasteiger partial charge in [-0.05, 0) is 38.8 Å². The summed E-state index contributed by atoms with van der Waals surface area (Å²) in [6.45, 7) is 7.66. The van der Waals surface area contributed by atoms with Crippen molar-refractivity contribution in [3.63, 3.8) is 0 Å². The Labute approximate surface area is 95.6 Å². The Balaban J connectivity index is 3.00. The maximum absolute atomic E-state index is 11.5. The zero-order valence-corrected chi connectivity index (χ0v) is 10.3. The molecule has 1 rings (SSSR count). The summed E-state index contributed by atoms with van der Waals surface area (Å²) < 4.78 is 0. The van der Waals surface area contributed by atoms with Gasteiger partial charge in [0.2, 0.25) is 5.91 Å². The molecule has 0 unspecified atom stereocenters. The summed E-state index contributed by atoms with van der Waals surface area (Å²) in [5, 5.41) is 2.33. The van der Waals surface area contributed by atoms with Crippen LogP contribution in [0.1, 0.15) is 23.6 Å². The first-order valence-corrected chi connectivity index (χ1v) is 5.38. The Bertz CT molecular complexity index is 362. The molecule has 0 aromatic heterocycles. The largest absolute Gasteiger partial charge is 0.324 e. The Kier molecular flexibility index (Phi) is 3.75. The first-order valence-electron chi connectivity index (χ1n) is 4.94. The highest BCUT2D eigenvalue weighted by molar-refractivity contribution is 6.32. The molecule has 0 spiro atoms. The lowest BCUT2D eigenvalue weighted by atomic mass is 10.1. The van der Waals surface area contributed by atoms with Crippen LogP contribution in [0.3, 0.4) is 0 Å². The van der Waals surface area contributed by atoms with Crippen LogP contribution in [0, 0.1) is 20.8 Å². The van der Waals surface area contributed by atoms with Gasteiger partial charge in [0.1, 0.15) is 5.38 Å². The van der Waals surface area contributed by atoms with Gasteiger partial charge < -0.3 is 5.32 Å². The van der Waals surface area contributed by atoms with Crippen LogP contribution in [0.25, 0.3) is 0 Å². The van der Waals surface area contributed by atoms with E-state index in [1.54, 1.807) is 6.92 Å². The van der Waals surface area contributed by atoms with Crippen molar-refractivity contribution in [2.75, 3.05) is 5.32 Å². The average Bonchev–Trinajstić information content (AvgIpc) is 2.10. The predicted octanol–water partition coefficient (Wildman–Crippen LogP) is 3.18. The van der Waals surface area contributed by atoms with Crippen molar-refractivity contribution in [2.24, 2.45) is 0 Å². The van der Waals surface area contributed by atoms with Crippen LogP contribution < -0.4 is 5.32 Å². The van der Waals surface area contributed by atoms with E-state index in [0.29, 0.717) is 0 Å². The number of rotatable bonds is 2. The summed E-state index contributed by atoms with van der Waals surface area (Å²) in [7, 11) is 0. The number of nitrogens with one attached hydrogen (secondary N) is 1. The Morgan fingerprint density at radius 3 is 2.13 bits per heavy atom. The summed E-state index contributed by atoms with van der Waals surface area (Å²) in [5.41, 5.74) is 4.20. The van der Waals surface area contributed by atoms with E-state index < -0.39 is 5.38 Å². The highest BCUT2D eigenvalue weighted by Gasteiger charge is 2.12. The van der Waals surface area contributed by atoms with Crippen LogP contribution in [0.4, 0.5) is 5.69 Å². The van der Waals surface area contributed by atoms with Crippen LogP contribution in [0.5, 0.6) is 0 Å². The SMILES string of the molecule is Cc1cc(C)c(NC(=O)[C@@H](C)Cl)c(C)c1. The third kappa shape index (κ3) is 2.96. The molecule has 15 heavy (non-hydrogen) atoms. The van der Waals surface area contributed by atoms with Gasteiger partial charge in [0, 0.05) is 5.69 Å². The second-order valence-electron chi connectivity index (χ2n) is 3.88. The highest BCUT2D eigenvalue weighted by atomic mass is 35.5. The van der Waals surface area contributed by atoms with Gasteiger partial charge in [-0.15, -0.1) is 11.6 Å². The number of aryl methyl sites for hydroxylation is 3. The van der Waals surface area contributed by atoms with Crippen molar-refractivity contribution in [1.29, 1.82) is 0 Å². The van der Waals surface area contributed by atoms with Gasteiger partial charge in [-0.1, -0.05) is 17.7 Å². The Morgan fingerprint density at radius 1 is 1.27 bits per heavy atom. The van der Waals surface area contributed by atoms with Crippen LogP contribution in [0.2, 0.25) is 0 Å². The summed E-state index contributed by atoms with van der Waals surface area (Å²) in [4.78, 5) is 11.5. The molecule has 0 aliphatic carbocycles. The molecule has 0 bridgehead atoms. The Hall–Kier alpha value is -1.02. The van der Waals surface area contributed by atoms with Crippen molar-refractivity contribution < 1.29 is 4.79 Å². The van der Waals surface area contributed by atoms with Gasteiger partial charge in [-0.25, -0.2) is 0 Å². The summed E-state index contributed by atoms with van der Waals surface area (Å²) in [6.07, 6.45) is 0. The number of hydrogen-bond donors (Lipinski definition) is 1. The van der Waals surface area contributed by atoms with Gasteiger partial charge in [-0.2, -0.15) is 0 Å². The van der Waals surface area contributed by atoms with E-state index in [2.05, 4.69) is 5.32 Å². The number of carbonyl (C=O) groups is 1. The minimum atomic E-state index is -0.509. The first kappa shape index (κ1) is 12.1. The third-order valence-corrected chi connectivity index (χ3v) is 2.48. The molecule has 0 aliphatic rings. The quantitative estimate of drug-likeness (QED) is 0.770. The summed E-state index contributed by atoms with van der Waals surface area (Å²) in [5.74, 6) is -0.160. The van der Waals surface area contributed by atoms with Gasteiger partial charge in [0.05, 0.1) is 0 Å². The van der Waals surface area contributed by atoms with Gasteiger partial charge in [0.25, 0.3) is 0 Å². The number of halogens is 1. The van der Waals surface area contributed by atoms with Crippen molar-refractivity contribution >= 4 is 23.2 Å². The van der Waals surface area contributed by atoms with E-state index in [1.165, 1.54) is 5.56 Å². The molecule has 1 aromatic carbocycles. The molecule has 0 radical (unpaired) electrons. The van der Waals surface area contributed by atoms with Gasteiger partial charge >= 0.3 is 0 Å². The molecule has 3 heteroatoms. The molecule has 0 aliphatic heterocycles. The molecule has 0 heterocycles. The van der Waals surface area contributed by atoms with Gasteiger partial charge in [0.15, 0.2) is 0 Å². The standard InChI is InChI=1S/C12H16ClNO/c1-7-5-8(2)11(9(3)6-7)14-12(15)10(4)13/h5-6,10H,1-4H3,(H,14,15)/t10-/m1/s1. The average molecular weight is 226 g/mol. The fraction of sp³-hybridized carbons (Fsp3) is 0.417. The zero-order valence-electron chi connectivity index (χ0n) is 9.52. The molecule has 0 fully saturated rings. The van der Waals surface area contributed by atoms with Crippen LogP contribution in [-0.4, -0.2) is 11.3 Å². The Morgan fingerprint density at radius 2 is 1.73 bits per heavy atom. The van der Waals surface area contributed by atoms with Crippen molar-refractivity contribution in [1.82, 2.24) is 0 Å². The van der Waals surface area contributed by atoms with E-state index >= 15 is 0 Å². The van der Waals surface area contributed by atoms with Crippen LogP contribution in [0.15, 0.2) is 12.1 Å². The van der Waals surface area contributed by atoms with Crippen LogP contribution >= 0.6 is 11.6 Å². The number of carbonyl (C=O) groups excluding carboxylic acids is 1. The maximum atomic E-state index is 11.5. The second-order valence-corrected chi connectivity index (χ2v) is 4.53. The molecule has 2 nitrogen and oxygen atoms in total. The van der Waals surface area contributed by atoms with E-state index in [1.807, 2.05) is 32.9 Å². The number of amides is 1. The molecule has 82 valence electrons. The molecule has 1 aromatic rings. The first-order chi connectivity index (χ1) is 6.91. The summed E-state index contributed by atoms with van der Waals surface area (Å²) in [6, 6.07) is 4.09.